The third-order valence-electron chi connectivity index (χ3n) is 4.64. The van der Waals surface area contributed by atoms with Gasteiger partial charge in [0.15, 0.2) is 0 Å². The van der Waals surface area contributed by atoms with E-state index in [0.29, 0.717) is 12.2 Å². The Morgan fingerprint density at radius 3 is 2.59 bits per heavy atom. The van der Waals surface area contributed by atoms with Gasteiger partial charge in [0.2, 0.25) is 5.91 Å². The first-order valence-corrected chi connectivity index (χ1v) is 9.83. The molecule has 2 aromatic heterocycles. The number of aryl methyl sites for hydroxylation is 1. The number of benzene rings is 1. The first-order chi connectivity index (χ1) is 13.0. The van der Waals surface area contributed by atoms with Gasteiger partial charge < -0.3 is 10.2 Å². The summed E-state index contributed by atoms with van der Waals surface area (Å²) in [5.74, 6) is -0.0452. The summed E-state index contributed by atoms with van der Waals surface area (Å²) in [6, 6.07) is 10.3. The van der Waals surface area contributed by atoms with Crippen molar-refractivity contribution >= 4 is 17.2 Å². The maximum Gasteiger partial charge on any atom is 0.226 e. The second-order valence-electron chi connectivity index (χ2n) is 6.89. The quantitative estimate of drug-likeness (QED) is 0.681. The van der Waals surface area contributed by atoms with Gasteiger partial charge in [-0.3, -0.25) is 4.79 Å². The Bertz CT molecular complexity index is 884. The van der Waals surface area contributed by atoms with Gasteiger partial charge in [0.05, 0.1) is 29.5 Å². The summed E-state index contributed by atoms with van der Waals surface area (Å²) in [6.45, 7) is 4.55. The van der Waals surface area contributed by atoms with Gasteiger partial charge in [0.1, 0.15) is 0 Å². The molecule has 1 N–H and O–H groups in total. The predicted octanol–water partition coefficient (Wildman–Crippen LogP) is 2.91. The molecule has 7 heteroatoms. The van der Waals surface area contributed by atoms with E-state index in [9.17, 15) is 4.79 Å². The van der Waals surface area contributed by atoms with Gasteiger partial charge in [-0.15, -0.1) is 5.10 Å². The van der Waals surface area contributed by atoms with Crippen LogP contribution in [0, 0.1) is 13.8 Å². The third-order valence-corrected chi connectivity index (χ3v) is 5.34. The average Bonchev–Trinajstić information content (AvgIpc) is 3.27. The number of nitrogens with one attached hydrogen (secondary N) is 1. The summed E-state index contributed by atoms with van der Waals surface area (Å²) in [5.41, 5.74) is 4.94. The predicted molar refractivity (Wildman–Crippen MR) is 108 cm³/mol. The first-order valence-electron chi connectivity index (χ1n) is 8.89. The molecular formula is C20H25N5OS. The third kappa shape index (κ3) is 4.61. The number of carbonyl (C=O) groups is 1. The zero-order valence-corrected chi connectivity index (χ0v) is 17.0. The SMILES string of the molecule is Cc1ccc(-n2nnc(CC(=O)NC[C@H](c3ccsc3)N(C)C)c2C)cc1. The maximum absolute atomic E-state index is 12.4. The molecule has 142 valence electrons. The fourth-order valence-electron chi connectivity index (χ4n) is 2.94. The van der Waals surface area contributed by atoms with Gasteiger partial charge in [0, 0.05) is 6.54 Å². The van der Waals surface area contributed by atoms with Crippen LogP contribution < -0.4 is 5.32 Å². The first kappa shape index (κ1) is 19.3. The lowest BCUT2D eigenvalue weighted by Gasteiger charge is -2.23. The molecule has 1 amide bonds. The zero-order chi connectivity index (χ0) is 19.4. The molecule has 0 aliphatic carbocycles. The van der Waals surface area contributed by atoms with Crippen molar-refractivity contribution in [2.45, 2.75) is 26.3 Å². The molecule has 0 bridgehead atoms. The molecule has 1 aromatic carbocycles. The Kier molecular flexibility index (Phi) is 6.03. The van der Waals surface area contributed by atoms with Gasteiger partial charge in [-0.1, -0.05) is 22.9 Å². The number of thiophene rings is 1. The molecule has 0 unspecified atom stereocenters. The van der Waals surface area contributed by atoms with Crippen molar-refractivity contribution in [2.75, 3.05) is 20.6 Å². The molecule has 2 heterocycles. The standard InChI is InChI=1S/C20H25N5OS/c1-14-5-7-17(8-6-14)25-15(2)18(22-23-25)11-20(26)21-12-19(24(3)4)16-9-10-27-13-16/h5-10,13,19H,11-12H2,1-4H3,(H,21,26)/t19-/m1/s1. The Balaban J connectivity index is 1.63. The summed E-state index contributed by atoms with van der Waals surface area (Å²) in [7, 11) is 4.04. The fourth-order valence-corrected chi connectivity index (χ4v) is 3.65. The van der Waals surface area contributed by atoms with Crippen molar-refractivity contribution in [3.8, 4) is 5.69 Å². The summed E-state index contributed by atoms with van der Waals surface area (Å²) in [5, 5.41) is 15.6. The molecule has 3 aromatic rings. The highest BCUT2D eigenvalue weighted by Gasteiger charge is 2.18. The normalized spacial score (nSPS) is 12.3. The molecule has 3 rings (SSSR count). The van der Waals surface area contributed by atoms with E-state index in [1.54, 1.807) is 16.0 Å². The minimum absolute atomic E-state index is 0.0452. The summed E-state index contributed by atoms with van der Waals surface area (Å²) in [6.07, 6.45) is 0.224. The lowest BCUT2D eigenvalue weighted by molar-refractivity contribution is -0.120. The van der Waals surface area contributed by atoms with E-state index in [-0.39, 0.29) is 18.4 Å². The van der Waals surface area contributed by atoms with E-state index in [1.165, 1.54) is 11.1 Å². The van der Waals surface area contributed by atoms with Crippen LogP contribution >= 0.6 is 11.3 Å². The van der Waals surface area contributed by atoms with E-state index < -0.39 is 0 Å². The van der Waals surface area contributed by atoms with Crippen LogP contribution in [-0.4, -0.2) is 46.4 Å². The van der Waals surface area contributed by atoms with Crippen molar-refractivity contribution < 1.29 is 4.79 Å². The Morgan fingerprint density at radius 1 is 1.22 bits per heavy atom. The van der Waals surface area contributed by atoms with Crippen molar-refractivity contribution in [3.05, 3.63) is 63.6 Å². The van der Waals surface area contributed by atoms with Crippen molar-refractivity contribution in [1.29, 1.82) is 0 Å². The number of amides is 1. The number of hydrogen-bond acceptors (Lipinski definition) is 5. The molecule has 0 aliphatic rings. The maximum atomic E-state index is 12.4. The molecule has 0 spiro atoms. The van der Waals surface area contributed by atoms with Crippen LogP contribution in [0.3, 0.4) is 0 Å². The van der Waals surface area contributed by atoms with Gasteiger partial charge in [-0.2, -0.15) is 11.3 Å². The van der Waals surface area contributed by atoms with E-state index in [4.69, 9.17) is 0 Å². The molecule has 0 saturated carbocycles. The average molecular weight is 384 g/mol. The minimum atomic E-state index is -0.0452. The highest BCUT2D eigenvalue weighted by molar-refractivity contribution is 7.07. The Labute approximate surface area is 163 Å². The molecule has 0 saturated heterocycles. The molecule has 0 aliphatic heterocycles. The molecule has 0 radical (unpaired) electrons. The van der Waals surface area contributed by atoms with Gasteiger partial charge in [0.25, 0.3) is 0 Å². The van der Waals surface area contributed by atoms with Crippen LogP contribution in [0.5, 0.6) is 0 Å². The van der Waals surface area contributed by atoms with Crippen LogP contribution in [0.25, 0.3) is 5.69 Å². The molecule has 6 nitrogen and oxygen atoms in total. The van der Waals surface area contributed by atoms with Crippen LogP contribution in [0.2, 0.25) is 0 Å². The number of rotatable bonds is 7. The number of hydrogen-bond donors (Lipinski definition) is 1. The Hall–Kier alpha value is -2.51. The van der Waals surface area contributed by atoms with E-state index >= 15 is 0 Å². The summed E-state index contributed by atoms with van der Waals surface area (Å²) in [4.78, 5) is 14.6. The zero-order valence-electron chi connectivity index (χ0n) is 16.1. The van der Waals surface area contributed by atoms with Crippen LogP contribution in [-0.2, 0) is 11.2 Å². The number of carbonyl (C=O) groups excluding carboxylic acids is 1. The Morgan fingerprint density at radius 2 is 1.96 bits per heavy atom. The van der Waals surface area contributed by atoms with E-state index in [0.717, 1.165) is 11.4 Å². The largest absolute Gasteiger partial charge is 0.354 e. The molecule has 0 fully saturated rings. The monoisotopic (exact) mass is 383 g/mol. The second-order valence-corrected chi connectivity index (χ2v) is 7.67. The van der Waals surface area contributed by atoms with Crippen LogP contribution in [0.4, 0.5) is 0 Å². The van der Waals surface area contributed by atoms with Gasteiger partial charge in [-0.05, 0) is 62.5 Å². The fraction of sp³-hybridized carbons (Fsp3) is 0.350. The highest BCUT2D eigenvalue weighted by Crippen LogP contribution is 2.20. The summed E-state index contributed by atoms with van der Waals surface area (Å²) >= 11 is 1.67. The van der Waals surface area contributed by atoms with Crippen LogP contribution in [0.1, 0.15) is 28.6 Å². The lowest BCUT2D eigenvalue weighted by Crippen LogP contribution is -2.35. The molecule has 1 atom stereocenters. The van der Waals surface area contributed by atoms with Gasteiger partial charge >= 0.3 is 0 Å². The molecule has 27 heavy (non-hydrogen) atoms. The highest BCUT2D eigenvalue weighted by atomic mass is 32.1. The van der Waals surface area contributed by atoms with Crippen LogP contribution in [0.15, 0.2) is 41.1 Å². The van der Waals surface area contributed by atoms with Crippen molar-refractivity contribution in [2.24, 2.45) is 0 Å². The smallest absolute Gasteiger partial charge is 0.226 e. The topological polar surface area (TPSA) is 63.1 Å². The minimum Gasteiger partial charge on any atom is -0.354 e. The van der Waals surface area contributed by atoms with Gasteiger partial charge in [-0.25, -0.2) is 4.68 Å². The second kappa shape index (κ2) is 8.45. The number of nitrogens with zero attached hydrogens (tertiary/aromatic N) is 4. The van der Waals surface area contributed by atoms with E-state index in [2.05, 4.69) is 37.4 Å². The molecular weight excluding hydrogens is 358 g/mol. The van der Waals surface area contributed by atoms with Crippen molar-refractivity contribution in [3.63, 3.8) is 0 Å². The number of aromatic nitrogens is 3. The lowest BCUT2D eigenvalue weighted by atomic mass is 10.1. The van der Waals surface area contributed by atoms with E-state index in [1.807, 2.05) is 52.2 Å². The number of likely N-dealkylation sites (N-methyl/N-ethyl adjacent to an activating group) is 1. The summed E-state index contributed by atoms with van der Waals surface area (Å²) < 4.78 is 1.77. The van der Waals surface area contributed by atoms with Crippen molar-refractivity contribution in [1.82, 2.24) is 25.2 Å².